The molecule has 24 heavy (non-hydrogen) atoms. The molecule has 7 heteroatoms. The van der Waals surface area contributed by atoms with Gasteiger partial charge in [0.2, 0.25) is 10.0 Å². The second-order valence-corrected chi connectivity index (χ2v) is 10.7. The van der Waals surface area contributed by atoms with Crippen molar-refractivity contribution in [3.05, 3.63) is 41.3 Å². The van der Waals surface area contributed by atoms with E-state index < -0.39 is 25.1 Å². The Balaban J connectivity index is 1.99. The molecule has 1 aliphatic rings. The molecule has 0 spiro atoms. The maximum absolute atomic E-state index is 12.4. The maximum atomic E-state index is 12.4. The fraction of sp³-hybridized carbons (Fsp3) is 0.529. The molecule has 0 aliphatic carbocycles. The fourth-order valence-electron chi connectivity index (χ4n) is 2.86. The van der Waals surface area contributed by atoms with E-state index in [2.05, 4.69) is 0 Å². The minimum atomic E-state index is -3.52. The van der Waals surface area contributed by atoms with Crippen molar-refractivity contribution in [3.63, 3.8) is 0 Å². The molecule has 0 bridgehead atoms. The third-order valence-electron chi connectivity index (χ3n) is 4.07. The van der Waals surface area contributed by atoms with Crippen LogP contribution in [0.15, 0.2) is 35.7 Å². The SMILES string of the molecule is CC(C)CS(=O)(=O)C1CCN(S(=O)(=O)/C=C/c2ccccc2)CC1. The van der Waals surface area contributed by atoms with Gasteiger partial charge in [0.15, 0.2) is 9.84 Å². The molecular formula is C17H25NO4S2. The molecule has 1 fully saturated rings. The van der Waals surface area contributed by atoms with E-state index in [0.29, 0.717) is 12.8 Å². The van der Waals surface area contributed by atoms with Crippen LogP contribution in [0.3, 0.4) is 0 Å². The van der Waals surface area contributed by atoms with Gasteiger partial charge in [-0.3, -0.25) is 0 Å². The van der Waals surface area contributed by atoms with Crippen LogP contribution in [0.5, 0.6) is 0 Å². The number of sulfonamides is 1. The Morgan fingerprint density at radius 3 is 2.21 bits per heavy atom. The predicted octanol–water partition coefficient (Wildman–Crippen LogP) is 2.52. The molecule has 0 N–H and O–H groups in total. The zero-order chi connectivity index (χ0) is 17.8. The molecule has 0 unspecified atom stereocenters. The summed E-state index contributed by atoms with van der Waals surface area (Å²) in [5.74, 6) is 0.253. The Bertz CT molecular complexity index is 760. The molecule has 134 valence electrons. The van der Waals surface area contributed by atoms with E-state index in [0.717, 1.165) is 5.56 Å². The van der Waals surface area contributed by atoms with E-state index in [4.69, 9.17) is 0 Å². The smallest absolute Gasteiger partial charge is 0.229 e. The van der Waals surface area contributed by atoms with Gasteiger partial charge in [-0.2, -0.15) is 4.31 Å². The van der Waals surface area contributed by atoms with Gasteiger partial charge < -0.3 is 0 Å². The third-order valence-corrected chi connectivity index (χ3v) is 8.25. The van der Waals surface area contributed by atoms with Crippen molar-refractivity contribution in [1.29, 1.82) is 0 Å². The van der Waals surface area contributed by atoms with Crippen molar-refractivity contribution >= 4 is 25.9 Å². The molecule has 1 saturated heterocycles. The van der Waals surface area contributed by atoms with Crippen molar-refractivity contribution in [3.8, 4) is 0 Å². The summed E-state index contributed by atoms with van der Waals surface area (Å²) in [6, 6.07) is 9.22. The molecule has 0 amide bonds. The predicted molar refractivity (Wildman–Crippen MR) is 97.6 cm³/mol. The number of sulfone groups is 1. The van der Waals surface area contributed by atoms with Gasteiger partial charge in [-0.15, -0.1) is 0 Å². The molecular weight excluding hydrogens is 346 g/mol. The van der Waals surface area contributed by atoms with E-state index in [-0.39, 0.29) is 24.8 Å². The molecule has 1 heterocycles. The zero-order valence-electron chi connectivity index (χ0n) is 14.1. The van der Waals surface area contributed by atoms with Crippen molar-refractivity contribution in [2.24, 2.45) is 5.92 Å². The molecule has 0 aromatic heterocycles. The van der Waals surface area contributed by atoms with Crippen LogP contribution in [0.25, 0.3) is 6.08 Å². The van der Waals surface area contributed by atoms with Crippen LogP contribution in [0, 0.1) is 5.92 Å². The molecule has 0 radical (unpaired) electrons. The largest absolute Gasteiger partial charge is 0.236 e. The van der Waals surface area contributed by atoms with E-state index in [1.54, 1.807) is 6.08 Å². The molecule has 1 aromatic carbocycles. The summed E-state index contributed by atoms with van der Waals surface area (Å²) in [5, 5.41) is 0.773. The van der Waals surface area contributed by atoms with Gasteiger partial charge in [-0.05, 0) is 30.4 Å². The summed E-state index contributed by atoms with van der Waals surface area (Å²) in [7, 11) is -6.66. The first-order valence-corrected chi connectivity index (χ1v) is 11.4. The van der Waals surface area contributed by atoms with Gasteiger partial charge in [0, 0.05) is 18.5 Å². The highest BCUT2D eigenvalue weighted by Crippen LogP contribution is 2.22. The van der Waals surface area contributed by atoms with E-state index in [9.17, 15) is 16.8 Å². The van der Waals surface area contributed by atoms with E-state index >= 15 is 0 Å². The molecule has 1 aromatic rings. The van der Waals surface area contributed by atoms with Crippen molar-refractivity contribution in [2.75, 3.05) is 18.8 Å². The highest BCUT2D eigenvalue weighted by Gasteiger charge is 2.33. The standard InChI is InChI=1S/C17H25NO4S2/c1-15(2)14-23(19,20)17-8-11-18(12-9-17)24(21,22)13-10-16-6-4-3-5-7-16/h3-7,10,13,15,17H,8-9,11-12,14H2,1-2H3/b13-10+. The molecule has 5 nitrogen and oxygen atoms in total. The lowest BCUT2D eigenvalue weighted by molar-refractivity contribution is 0.349. The Kier molecular flexibility index (Phi) is 6.22. The van der Waals surface area contributed by atoms with E-state index in [1.807, 2.05) is 44.2 Å². The monoisotopic (exact) mass is 371 g/mol. The summed E-state index contributed by atoms with van der Waals surface area (Å²) in [6.45, 7) is 4.27. The van der Waals surface area contributed by atoms with Crippen LogP contribution < -0.4 is 0 Å². The molecule has 1 aliphatic heterocycles. The highest BCUT2D eigenvalue weighted by atomic mass is 32.2. The summed E-state index contributed by atoms with van der Waals surface area (Å²) in [6.07, 6.45) is 2.30. The van der Waals surface area contributed by atoms with Crippen LogP contribution in [-0.4, -0.2) is 45.2 Å². The van der Waals surface area contributed by atoms with Crippen LogP contribution in [0.1, 0.15) is 32.3 Å². The number of hydrogen-bond donors (Lipinski definition) is 0. The lowest BCUT2D eigenvalue weighted by Gasteiger charge is -2.30. The summed E-state index contributed by atoms with van der Waals surface area (Å²) in [5.41, 5.74) is 0.815. The lowest BCUT2D eigenvalue weighted by atomic mass is 10.2. The summed E-state index contributed by atoms with van der Waals surface area (Å²) < 4.78 is 50.7. The van der Waals surface area contributed by atoms with Gasteiger partial charge in [0.25, 0.3) is 0 Å². The van der Waals surface area contributed by atoms with Crippen LogP contribution in [0.4, 0.5) is 0 Å². The minimum Gasteiger partial charge on any atom is -0.229 e. The Labute approximate surface area is 145 Å². The fourth-order valence-corrected chi connectivity index (χ4v) is 6.21. The zero-order valence-corrected chi connectivity index (χ0v) is 15.8. The number of hydrogen-bond acceptors (Lipinski definition) is 4. The van der Waals surface area contributed by atoms with Gasteiger partial charge >= 0.3 is 0 Å². The summed E-state index contributed by atoms with van der Waals surface area (Å²) in [4.78, 5) is 0. The van der Waals surface area contributed by atoms with Crippen molar-refractivity contribution in [2.45, 2.75) is 31.9 Å². The first-order chi connectivity index (χ1) is 11.2. The maximum Gasteiger partial charge on any atom is 0.236 e. The van der Waals surface area contributed by atoms with Gasteiger partial charge in [0.05, 0.1) is 11.0 Å². The van der Waals surface area contributed by atoms with Crippen molar-refractivity contribution < 1.29 is 16.8 Å². The number of piperidine rings is 1. The second kappa shape index (κ2) is 7.80. The molecule has 0 saturated carbocycles. The average molecular weight is 372 g/mol. The van der Waals surface area contributed by atoms with Crippen LogP contribution >= 0.6 is 0 Å². The molecule has 0 atom stereocenters. The Morgan fingerprint density at radius 1 is 1.08 bits per heavy atom. The third kappa shape index (κ3) is 5.16. The normalized spacial score (nSPS) is 18.5. The first kappa shape index (κ1) is 19.1. The second-order valence-electron chi connectivity index (χ2n) is 6.58. The van der Waals surface area contributed by atoms with Crippen LogP contribution in [-0.2, 0) is 19.9 Å². The number of rotatable bonds is 6. The first-order valence-electron chi connectivity index (χ1n) is 8.15. The quantitative estimate of drug-likeness (QED) is 0.770. The average Bonchev–Trinajstić information content (AvgIpc) is 2.53. The number of benzene rings is 1. The topological polar surface area (TPSA) is 71.5 Å². The molecule has 2 rings (SSSR count). The van der Waals surface area contributed by atoms with Gasteiger partial charge in [-0.1, -0.05) is 44.2 Å². The Hall–Kier alpha value is -1.18. The van der Waals surface area contributed by atoms with E-state index in [1.165, 1.54) is 9.71 Å². The highest BCUT2D eigenvalue weighted by molar-refractivity contribution is 7.92. The number of nitrogens with zero attached hydrogens (tertiary/aromatic N) is 1. The van der Waals surface area contributed by atoms with Crippen LogP contribution in [0.2, 0.25) is 0 Å². The lowest BCUT2D eigenvalue weighted by Crippen LogP contribution is -2.42. The summed E-state index contributed by atoms with van der Waals surface area (Å²) >= 11 is 0. The van der Waals surface area contributed by atoms with Gasteiger partial charge in [0.1, 0.15) is 0 Å². The Morgan fingerprint density at radius 2 is 1.67 bits per heavy atom. The van der Waals surface area contributed by atoms with Crippen molar-refractivity contribution in [1.82, 2.24) is 4.31 Å². The minimum absolute atomic E-state index is 0.0885. The van der Waals surface area contributed by atoms with Gasteiger partial charge in [-0.25, -0.2) is 16.8 Å².